The van der Waals surface area contributed by atoms with Crippen molar-refractivity contribution >= 4 is 34.2 Å². The van der Waals surface area contributed by atoms with Crippen molar-refractivity contribution in [1.82, 2.24) is 0 Å². The molecule has 1 heterocycles. The van der Waals surface area contributed by atoms with Gasteiger partial charge < -0.3 is 20.0 Å². The molecule has 0 spiro atoms. The molecular formula is C19H24NO5S-. The lowest BCUT2D eigenvalue weighted by atomic mass is 9.79. The molecule has 1 aromatic heterocycles. The first-order valence-corrected chi connectivity index (χ1v) is 10.1. The number of anilines is 1. The number of rotatable bonds is 7. The minimum Gasteiger partial charge on any atom is -0.550 e. The van der Waals surface area contributed by atoms with E-state index in [1.54, 1.807) is 13.0 Å². The number of aliphatic carboxylic acids is 1. The van der Waals surface area contributed by atoms with Crippen LogP contribution in [0.1, 0.15) is 54.8 Å². The summed E-state index contributed by atoms with van der Waals surface area (Å²) in [6, 6.07) is 1.76. The Morgan fingerprint density at radius 2 is 1.92 bits per heavy atom. The number of carbonyl (C=O) groups is 3. The predicted octanol–water partition coefficient (Wildman–Crippen LogP) is 2.23. The van der Waals surface area contributed by atoms with Crippen LogP contribution in [0.2, 0.25) is 0 Å². The summed E-state index contributed by atoms with van der Waals surface area (Å²) in [5.41, 5.74) is 0.349. The van der Waals surface area contributed by atoms with Crippen molar-refractivity contribution in [1.29, 1.82) is 0 Å². The van der Waals surface area contributed by atoms with E-state index in [-0.39, 0.29) is 24.3 Å². The maximum absolute atomic E-state index is 12.9. The molecule has 2 aliphatic carbocycles. The highest BCUT2D eigenvalue weighted by atomic mass is 32.1. The van der Waals surface area contributed by atoms with E-state index in [0.717, 1.165) is 37.0 Å². The Bertz CT molecular complexity index is 713. The summed E-state index contributed by atoms with van der Waals surface area (Å²) < 4.78 is 5.09. The molecule has 0 radical (unpaired) electrons. The van der Waals surface area contributed by atoms with Gasteiger partial charge in [0.25, 0.3) is 0 Å². The highest BCUT2D eigenvalue weighted by molar-refractivity contribution is 7.16. The van der Waals surface area contributed by atoms with Gasteiger partial charge in [0.1, 0.15) is 5.00 Å². The van der Waals surface area contributed by atoms with Crippen LogP contribution in [-0.4, -0.2) is 24.5 Å². The zero-order valence-corrected chi connectivity index (χ0v) is 15.9. The molecule has 0 aromatic carbocycles. The fraction of sp³-hybridized carbons (Fsp3) is 0.632. The lowest BCUT2D eigenvalue weighted by molar-refractivity contribution is -0.314. The lowest BCUT2D eigenvalue weighted by Gasteiger charge is -2.30. The number of carboxylic acids is 1. The number of thiophene rings is 1. The maximum Gasteiger partial charge on any atom is 0.341 e. The van der Waals surface area contributed by atoms with Gasteiger partial charge in [0.15, 0.2) is 0 Å². The van der Waals surface area contributed by atoms with E-state index >= 15 is 0 Å². The van der Waals surface area contributed by atoms with Crippen molar-refractivity contribution in [3.05, 3.63) is 16.5 Å². The second-order valence-corrected chi connectivity index (χ2v) is 8.26. The fourth-order valence-corrected chi connectivity index (χ4v) is 5.62. The molecule has 0 unspecified atom stereocenters. The Labute approximate surface area is 156 Å². The van der Waals surface area contributed by atoms with Crippen LogP contribution in [0, 0.1) is 23.7 Å². The Balaban J connectivity index is 1.82. The Kier molecular flexibility index (Phi) is 5.65. The molecule has 3 rings (SSSR count). The van der Waals surface area contributed by atoms with Gasteiger partial charge in [-0.25, -0.2) is 4.79 Å². The number of nitrogens with one attached hydrogen (secondary N) is 1. The van der Waals surface area contributed by atoms with E-state index in [1.165, 1.54) is 11.3 Å². The summed E-state index contributed by atoms with van der Waals surface area (Å²) in [6.07, 6.45) is 4.23. The first-order chi connectivity index (χ1) is 12.5. The topological polar surface area (TPSA) is 95.5 Å². The third kappa shape index (κ3) is 3.49. The molecule has 2 fully saturated rings. The van der Waals surface area contributed by atoms with Gasteiger partial charge in [-0.15, -0.1) is 11.3 Å². The number of hydrogen-bond acceptors (Lipinski definition) is 6. The Hall–Kier alpha value is -1.89. The summed E-state index contributed by atoms with van der Waals surface area (Å²) in [4.78, 5) is 37.6. The minimum atomic E-state index is -1.14. The summed E-state index contributed by atoms with van der Waals surface area (Å²) in [5.74, 6) is -3.11. The highest BCUT2D eigenvalue weighted by Crippen LogP contribution is 2.52. The van der Waals surface area contributed by atoms with Crippen LogP contribution in [0.25, 0.3) is 0 Å². The molecule has 26 heavy (non-hydrogen) atoms. The number of aryl methyl sites for hydroxylation is 1. The monoisotopic (exact) mass is 378 g/mol. The summed E-state index contributed by atoms with van der Waals surface area (Å²) >= 11 is 1.36. The quantitative estimate of drug-likeness (QED) is 0.734. The van der Waals surface area contributed by atoms with Gasteiger partial charge in [-0.2, -0.15) is 0 Å². The fourth-order valence-electron chi connectivity index (χ4n) is 4.47. The van der Waals surface area contributed by atoms with Crippen molar-refractivity contribution in [2.45, 2.75) is 46.0 Å². The molecule has 1 amide bonds. The second-order valence-electron chi connectivity index (χ2n) is 7.12. The number of fused-ring (bicyclic) bond motifs is 2. The van der Waals surface area contributed by atoms with Gasteiger partial charge in [0.2, 0.25) is 5.91 Å². The van der Waals surface area contributed by atoms with Crippen molar-refractivity contribution in [3.63, 3.8) is 0 Å². The van der Waals surface area contributed by atoms with Crippen LogP contribution in [-0.2, 0) is 20.7 Å². The number of hydrogen-bond donors (Lipinski definition) is 1. The van der Waals surface area contributed by atoms with Gasteiger partial charge in [-0.1, -0.05) is 13.3 Å². The number of carboxylic acid groups (broad SMARTS) is 1. The van der Waals surface area contributed by atoms with E-state index in [9.17, 15) is 19.5 Å². The van der Waals surface area contributed by atoms with Crippen LogP contribution in [0.5, 0.6) is 0 Å². The van der Waals surface area contributed by atoms with E-state index in [0.29, 0.717) is 10.6 Å². The SMILES string of the molecule is CCCc1cc(C(=O)OCC)c(NC(=O)[C@H]2[C@@H]3CC[C@H](C3)[C@@H]2C(=O)[O-])s1. The zero-order chi connectivity index (χ0) is 18.8. The lowest BCUT2D eigenvalue weighted by Crippen LogP contribution is -2.44. The van der Waals surface area contributed by atoms with Crippen LogP contribution < -0.4 is 10.4 Å². The molecule has 0 saturated heterocycles. The molecule has 1 aromatic rings. The van der Waals surface area contributed by atoms with Crippen LogP contribution in [0.3, 0.4) is 0 Å². The average molecular weight is 378 g/mol. The molecule has 7 heteroatoms. The van der Waals surface area contributed by atoms with Crippen molar-refractivity contribution in [3.8, 4) is 0 Å². The van der Waals surface area contributed by atoms with Gasteiger partial charge in [0.05, 0.1) is 12.2 Å². The van der Waals surface area contributed by atoms with E-state index < -0.39 is 23.8 Å². The highest BCUT2D eigenvalue weighted by Gasteiger charge is 2.51. The molecule has 2 saturated carbocycles. The van der Waals surface area contributed by atoms with E-state index in [4.69, 9.17) is 4.74 Å². The molecule has 2 bridgehead atoms. The van der Waals surface area contributed by atoms with Gasteiger partial charge in [-0.05, 0) is 50.5 Å². The van der Waals surface area contributed by atoms with E-state index in [2.05, 4.69) is 5.32 Å². The second kappa shape index (κ2) is 7.78. The van der Waals surface area contributed by atoms with Gasteiger partial charge in [0, 0.05) is 22.7 Å². The average Bonchev–Trinajstić information content (AvgIpc) is 3.29. The first-order valence-electron chi connectivity index (χ1n) is 9.27. The number of ether oxygens (including phenoxy) is 1. The van der Waals surface area contributed by atoms with Crippen LogP contribution >= 0.6 is 11.3 Å². The van der Waals surface area contributed by atoms with Crippen molar-refractivity contribution in [2.24, 2.45) is 23.7 Å². The van der Waals surface area contributed by atoms with Crippen molar-refractivity contribution in [2.75, 3.05) is 11.9 Å². The normalized spacial score (nSPS) is 26.7. The number of amides is 1. The zero-order valence-electron chi connectivity index (χ0n) is 15.1. The smallest absolute Gasteiger partial charge is 0.341 e. The predicted molar refractivity (Wildman–Crippen MR) is 95.7 cm³/mol. The molecule has 1 N–H and O–H groups in total. The molecular weight excluding hydrogens is 354 g/mol. The molecule has 2 aliphatic rings. The molecule has 142 valence electrons. The number of esters is 1. The summed E-state index contributed by atoms with van der Waals surface area (Å²) in [5, 5.41) is 14.8. The summed E-state index contributed by atoms with van der Waals surface area (Å²) in [6.45, 7) is 4.03. The molecule has 0 aliphatic heterocycles. The largest absolute Gasteiger partial charge is 0.550 e. The minimum absolute atomic E-state index is 0.0317. The molecule has 6 nitrogen and oxygen atoms in total. The van der Waals surface area contributed by atoms with E-state index in [1.807, 2.05) is 6.92 Å². The summed E-state index contributed by atoms with van der Waals surface area (Å²) in [7, 11) is 0. The van der Waals surface area contributed by atoms with Gasteiger partial charge >= 0.3 is 5.97 Å². The molecule has 4 atom stereocenters. The van der Waals surface area contributed by atoms with Crippen LogP contribution in [0.15, 0.2) is 6.07 Å². The van der Waals surface area contributed by atoms with Crippen LogP contribution in [0.4, 0.5) is 5.00 Å². The maximum atomic E-state index is 12.9. The Morgan fingerprint density at radius 3 is 2.54 bits per heavy atom. The Morgan fingerprint density at radius 1 is 1.23 bits per heavy atom. The van der Waals surface area contributed by atoms with Gasteiger partial charge in [-0.3, -0.25) is 4.79 Å². The van der Waals surface area contributed by atoms with Crippen molar-refractivity contribution < 1.29 is 24.2 Å². The third-order valence-electron chi connectivity index (χ3n) is 5.50. The standard InChI is InChI=1S/C19H25NO5S/c1-3-5-12-9-13(19(24)25-4-2)17(26-12)20-16(21)14-10-6-7-11(8-10)15(14)18(22)23/h9-11,14-15H,3-8H2,1-2H3,(H,20,21)(H,22,23)/p-1/t10-,11-,14+,15+/m1/s1. The first kappa shape index (κ1) is 18.9. The third-order valence-corrected chi connectivity index (χ3v) is 6.61. The number of carbonyl (C=O) groups excluding carboxylic acids is 3.